The van der Waals surface area contributed by atoms with Crippen molar-refractivity contribution in [2.45, 2.75) is 12.8 Å². The molecule has 1 saturated heterocycles. The van der Waals surface area contributed by atoms with E-state index in [1.165, 1.54) is 7.05 Å². The van der Waals surface area contributed by atoms with E-state index in [2.05, 4.69) is 0 Å². The van der Waals surface area contributed by atoms with Crippen molar-refractivity contribution in [2.75, 3.05) is 20.1 Å². The van der Waals surface area contributed by atoms with Crippen LogP contribution in [-0.2, 0) is 0 Å². The minimum absolute atomic E-state index is 0.291. The zero-order valence-electron chi connectivity index (χ0n) is 5.82. The van der Waals surface area contributed by atoms with Crippen molar-refractivity contribution in [3.8, 4) is 0 Å². The Bertz CT molecular complexity index is 127. The average molecular weight is 174 g/mol. The van der Waals surface area contributed by atoms with Crippen LogP contribution in [0.15, 0.2) is 0 Å². The van der Waals surface area contributed by atoms with E-state index in [-0.39, 0.29) is 0 Å². The minimum Gasteiger partial charge on any atom is -0.210 e. The third-order valence-electron chi connectivity index (χ3n) is 2.01. The summed E-state index contributed by atoms with van der Waals surface area (Å²) in [5.74, 6) is 0. The zero-order chi connectivity index (χ0) is 7.83. The molecule has 0 atom stereocenters. The first kappa shape index (κ1) is 8.20. The summed E-state index contributed by atoms with van der Waals surface area (Å²) in [5, 5.41) is 0. The molecule has 0 N–H and O–H groups in total. The maximum Gasteiger partial charge on any atom is 0.382 e. The van der Waals surface area contributed by atoms with Gasteiger partial charge in [0.2, 0.25) is 0 Å². The summed E-state index contributed by atoms with van der Waals surface area (Å²) in [7, 11) is 1.29. The molecular weight excluding hydrogens is 163 g/mol. The summed E-state index contributed by atoms with van der Waals surface area (Å²) >= 11 is -4.86. The molecule has 1 nitrogen and oxygen atoms in total. The topological polar surface area (TPSA) is 0 Å². The van der Waals surface area contributed by atoms with E-state index in [9.17, 15) is 11.7 Å². The van der Waals surface area contributed by atoms with Crippen LogP contribution < -0.4 is 0 Å². The molecular formula is C5H11F3NS+. The van der Waals surface area contributed by atoms with Crippen LogP contribution in [0.1, 0.15) is 12.8 Å². The second kappa shape index (κ2) is 2.30. The van der Waals surface area contributed by atoms with Crippen LogP contribution >= 0.6 is 11.4 Å². The molecule has 1 heterocycles. The number of hydrogen-bond acceptors (Lipinski definition) is 0. The Morgan fingerprint density at radius 2 is 1.50 bits per heavy atom. The lowest BCUT2D eigenvalue weighted by Gasteiger charge is -2.31. The molecule has 0 saturated carbocycles. The van der Waals surface area contributed by atoms with E-state index in [1.54, 1.807) is 0 Å². The van der Waals surface area contributed by atoms with Gasteiger partial charge < -0.3 is 0 Å². The normalized spacial score (nSPS) is 26.8. The van der Waals surface area contributed by atoms with Crippen molar-refractivity contribution in [3.63, 3.8) is 0 Å². The third-order valence-corrected chi connectivity index (χ3v) is 3.38. The number of quaternary nitrogens is 1. The largest absolute Gasteiger partial charge is 0.382 e. The van der Waals surface area contributed by atoms with Crippen LogP contribution in [-0.4, -0.2) is 24.0 Å². The van der Waals surface area contributed by atoms with Gasteiger partial charge in [-0.25, -0.2) is 3.89 Å². The standard InChI is InChI=1S/C5H11F3NS/c1-9(10(6,7)8)4-2-3-5-9/h2-5H2,1H3/q+1. The smallest absolute Gasteiger partial charge is 0.210 e. The maximum atomic E-state index is 12.2. The molecule has 0 unspecified atom stereocenters. The van der Waals surface area contributed by atoms with E-state index in [0.29, 0.717) is 13.1 Å². The Hall–Kier alpha value is 0.100. The van der Waals surface area contributed by atoms with Crippen LogP contribution in [0.3, 0.4) is 0 Å². The number of hydrogen-bond donors (Lipinski definition) is 0. The summed E-state index contributed by atoms with van der Waals surface area (Å²) in [4.78, 5) is 0. The van der Waals surface area contributed by atoms with E-state index >= 15 is 0 Å². The van der Waals surface area contributed by atoms with Crippen molar-refractivity contribution >= 4 is 11.4 Å². The summed E-state index contributed by atoms with van der Waals surface area (Å²) in [6, 6.07) is 0. The quantitative estimate of drug-likeness (QED) is 0.536. The Morgan fingerprint density at radius 3 is 1.70 bits per heavy atom. The van der Waals surface area contributed by atoms with Gasteiger partial charge in [0.1, 0.15) is 0 Å². The SMILES string of the molecule is C[N+]1(S(F)(F)F)CCCC1. The average Bonchev–Trinajstić information content (AvgIpc) is 2.13. The van der Waals surface area contributed by atoms with Gasteiger partial charge in [0, 0.05) is 12.8 Å². The van der Waals surface area contributed by atoms with Crippen molar-refractivity contribution < 1.29 is 15.5 Å². The predicted molar refractivity (Wildman–Crippen MR) is 36.1 cm³/mol. The molecule has 10 heavy (non-hydrogen) atoms. The fourth-order valence-electron chi connectivity index (χ4n) is 1.21. The lowest BCUT2D eigenvalue weighted by molar-refractivity contribution is -0.776. The first-order valence-corrected chi connectivity index (χ1v) is 4.52. The molecule has 0 amide bonds. The molecule has 1 aliphatic rings. The van der Waals surface area contributed by atoms with Gasteiger partial charge in [0.15, 0.2) is 0 Å². The molecule has 0 radical (unpaired) electrons. The molecule has 0 aromatic heterocycles. The van der Waals surface area contributed by atoms with Gasteiger partial charge in [0.25, 0.3) is 0 Å². The van der Waals surface area contributed by atoms with E-state index in [1.807, 2.05) is 0 Å². The molecule has 62 valence electrons. The molecule has 5 heteroatoms. The first-order chi connectivity index (χ1) is 4.46. The summed E-state index contributed by atoms with van der Waals surface area (Å²) in [5.41, 5.74) is 0. The molecule has 1 fully saturated rings. The van der Waals surface area contributed by atoms with E-state index < -0.39 is 15.3 Å². The van der Waals surface area contributed by atoms with Gasteiger partial charge in [-0.15, -0.1) is 0 Å². The molecule has 1 aliphatic heterocycles. The number of likely N-dealkylation sites (tertiary alicyclic amines) is 1. The van der Waals surface area contributed by atoms with Gasteiger partial charge >= 0.3 is 11.4 Å². The molecule has 0 aromatic carbocycles. The first-order valence-electron chi connectivity index (χ1n) is 3.23. The molecule has 0 aliphatic carbocycles. The van der Waals surface area contributed by atoms with Gasteiger partial charge in [-0.2, -0.15) is 0 Å². The monoisotopic (exact) mass is 174 g/mol. The maximum absolute atomic E-state index is 12.2. The third kappa shape index (κ3) is 1.25. The molecule has 1 rings (SSSR count). The van der Waals surface area contributed by atoms with E-state index in [0.717, 1.165) is 12.8 Å². The highest BCUT2D eigenvalue weighted by Crippen LogP contribution is 2.62. The molecule has 0 spiro atoms. The number of rotatable bonds is 1. The Morgan fingerprint density at radius 1 is 1.10 bits per heavy atom. The highest BCUT2D eigenvalue weighted by Gasteiger charge is 2.48. The van der Waals surface area contributed by atoms with Crippen molar-refractivity contribution in [3.05, 3.63) is 0 Å². The minimum atomic E-state index is -4.86. The molecule has 0 aromatic rings. The Kier molecular flexibility index (Phi) is 1.89. The fraction of sp³-hybridized carbons (Fsp3) is 1.00. The van der Waals surface area contributed by atoms with Crippen LogP contribution in [0.4, 0.5) is 11.7 Å². The van der Waals surface area contributed by atoms with Crippen LogP contribution in [0.5, 0.6) is 0 Å². The highest BCUT2D eigenvalue weighted by molar-refractivity contribution is 8.15. The lowest BCUT2D eigenvalue weighted by atomic mass is 10.4. The second-order valence-corrected chi connectivity index (χ2v) is 4.48. The number of halogens is 3. The van der Waals surface area contributed by atoms with Gasteiger partial charge in [-0.1, -0.05) is 11.7 Å². The summed E-state index contributed by atoms with van der Waals surface area (Å²) in [6.07, 6.45) is 1.45. The second-order valence-electron chi connectivity index (χ2n) is 2.83. The van der Waals surface area contributed by atoms with Crippen LogP contribution in [0, 0.1) is 0 Å². The predicted octanol–water partition coefficient (Wildman–Crippen LogP) is 2.60. The van der Waals surface area contributed by atoms with Crippen LogP contribution in [0.25, 0.3) is 0 Å². The summed E-state index contributed by atoms with van der Waals surface area (Å²) in [6.45, 7) is 0.581. The van der Waals surface area contributed by atoms with Crippen molar-refractivity contribution in [1.82, 2.24) is 0 Å². The Balaban J connectivity index is 2.67. The number of nitrogens with zero attached hydrogens (tertiary/aromatic N) is 1. The summed E-state index contributed by atoms with van der Waals surface area (Å²) < 4.78 is 36.0. The highest BCUT2D eigenvalue weighted by atomic mass is 32.3. The van der Waals surface area contributed by atoms with Crippen molar-refractivity contribution in [2.24, 2.45) is 0 Å². The zero-order valence-corrected chi connectivity index (χ0v) is 6.63. The van der Waals surface area contributed by atoms with Crippen LogP contribution in [0.2, 0.25) is 0 Å². The fourth-order valence-corrected chi connectivity index (χ4v) is 1.88. The van der Waals surface area contributed by atoms with Gasteiger partial charge in [0.05, 0.1) is 20.1 Å². The van der Waals surface area contributed by atoms with Gasteiger partial charge in [-0.05, 0) is 0 Å². The van der Waals surface area contributed by atoms with Crippen molar-refractivity contribution in [1.29, 1.82) is 0 Å². The Labute approximate surface area is 60.7 Å². The lowest BCUT2D eigenvalue weighted by Crippen LogP contribution is -2.37. The van der Waals surface area contributed by atoms with E-state index in [4.69, 9.17) is 0 Å². The van der Waals surface area contributed by atoms with Gasteiger partial charge in [-0.3, -0.25) is 0 Å². The molecule has 0 bridgehead atoms.